The number of carbonyl (C=O) groups excluding carboxylic acids is 3. The SMILES string of the molecule is NC(=O)c1cccnc1.NC(=O)c1cccnc1.O=C(O)c1ccccc1[O-].O=C([O-])c1ccccc1O.[Co+2].[OH3+].[OH3+]. The first-order valence-corrected chi connectivity index (χ1v) is 10.4. The third-order valence-corrected chi connectivity index (χ3v) is 4.13. The number of hydrogen-bond donors (Lipinski definition) is 4. The molecule has 0 aliphatic carbocycles. The van der Waals surface area contributed by atoms with Crippen molar-refractivity contribution in [3.63, 3.8) is 0 Å². The summed E-state index contributed by atoms with van der Waals surface area (Å²) in [5.74, 6) is -4.13. The van der Waals surface area contributed by atoms with Gasteiger partial charge in [0.25, 0.3) is 0 Å². The average Bonchev–Trinajstić information content (AvgIpc) is 2.91. The minimum Gasteiger partial charge on any atom is -0.872 e. The first-order chi connectivity index (χ1) is 18.0. The van der Waals surface area contributed by atoms with Crippen LogP contribution in [0, 0.1) is 0 Å². The van der Waals surface area contributed by atoms with Gasteiger partial charge in [0, 0.05) is 30.4 Å². The van der Waals surface area contributed by atoms with Gasteiger partial charge in [-0.25, -0.2) is 4.79 Å². The molecule has 0 saturated carbocycles. The van der Waals surface area contributed by atoms with Gasteiger partial charge in [-0.05, 0) is 42.5 Å². The van der Waals surface area contributed by atoms with E-state index in [1.807, 2.05) is 0 Å². The maximum Gasteiger partial charge on any atom is 2.00 e. The van der Waals surface area contributed by atoms with Crippen LogP contribution in [0.5, 0.6) is 11.5 Å². The fourth-order valence-corrected chi connectivity index (χ4v) is 2.31. The van der Waals surface area contributed by atoms with Gasteiger partial charge < -0.3 is 47.6 Å². The van der Waals surface area contributed by atoms with Crippen LogP contribution in [0.3, 0.4) is 0 Å². The number of primary amides is 2. The Hall–Kier alpha value is -5.35. The van der Waals surface area contributed by atoms with Gasteiger partial charge in [-0.2, -0.15) is 0 Å². The van der Waals surface area contributed by atoms with Crippen molar-refractivity contribution in [1.29, 1.82) is 0 Å². The minimum absolute atomic E-state index is 0. The van der Waals surface area contributed by atoms with Crippen molar-refractivity contribution in [1.82, 2.24) is 9.97 Å². The molecule has 41 heavy (non-hydrogen) atoms. The van der Waals surface area contributed by atoms with Crippen LogP contribution in [0.1, 0.15) is 41.4 Å². The Balaban J connectivity index is -0.000000459. The second-order valence-corrected chi connectivity index (χ2v) is 6.82. The molecule has 2 aromatic heterocycles. The number of carboxylic acids is 2. The topological polar surface area (TPSA) is 299 Å². The number of carboxylic acid groups (broad SMARTS) is 2. The summed E-state index contributed by atoms with van der Waals surface area (Å²) < 4.78 is 0. The van der Waals surface area contributed by atoms with Gasteiger partial charge in [-0.3, -0.25) is 19.6 Å². The number of para-hydroxylation sites is 2. The number of hydrogen-bond acceptors (Lipinski definition) is 9. The molecule has 4 aromatic rings. The zero-order valence-corrected chi connectivity index (χ0v) is 22.2. The number of rotatable bonds is 4. The Morgan fingerprint density at radius 1 is 0.683 bits per heavy atom. The van der Waals surface area contributed by atoms with Crippen molar-refractivity contribution in [2.75, 3.05) is 0 Å². The molecular formula is C26H28CoN4O10+2. The summed E-state index contributed by atoms with van der Waals surface area (Å²) in [4.78, 5) is 48.5. The third-order valence-electron chi connectivity index (χ3n) is 4.13. The van der Waals surface area contributed by atoms with E-state index < -0.39 is 29.5 Å². The number of amides is 2. The molecule has 0 unspecified atom stereocenters. The van der Waals surface area contributed by atoms with E-state index in [1.165, 1.54) is 54.9 Å². The first-order valence-electron chi connectivity index (χ1n) is 10.4. The molecular weight excluding hydrogens is 587 g/mol. The summed E-state index contributed by atoms with van der Waals surface area (Å²) in [7, 11) is 0. The average molecular weight is 615 g/mol. The van der Waals surface area contributed by atoms with Gasteiger partial charge in [-0.1, -0.05) is 36.1 Å². The largest absolute Gasteiger partial charge is 2.00 e. The molecule has 2 aromatic carbocycles. The van der Waals surface area contributed by atoms with Crippen LogP contribution in [0.15, 0.2) is 97.6 Å². The third kappa shape index (κ3) is 15.6. The van der Waals surface area contributed by atoms with Crippen LogP contribution >= 0.6 is 0 Å². The number of aromatic carboxylic acids is 2. The van der Waals surface area contributed by atoms with Gasteiger partial charge in [0.05, 0.1) is 22.7 Å². The molecule has 0 atom stereocenters. The van der Waals surface area contributed by atoms with E-state index in [2.05, 4.69) is 9.97 Å². The molecule has 0 aliphatic rings. The van der Waals surface area contributed by atoms with Gasteiger partial charge >= 0.3 is 22.7 Å². The predicted octanol–water partition coefficient (Wildman–Crippen LogP) is -1.27. The molecule has 0 aliphatic heterocycles. The van der Waals surface area contributed by atoms with E-state index in [0.29, 0.717) is 11.1 Å². The Kier molecular flexibility index (Phi) is 21.1. The van der Waals surface area contributed by atoms with Crippen LogP contribution < -0.4 is 21.7 Å². The van der Waals surface area contributed by atoms with Crippen LogP contribution in [-0.2, 0) is 27.7 Å². The monoisotopic (exact) mass is 615 g/mol. The van der Waals surface area contributed by atoms with Crippen molar-refractivity contribution in [2.24, 2.45) is 11.5 Å². The number of nitrogens with two attached hydrogens (primary N) is 2. The molecule has 15 heteroatoms. The summed E-state index contributed by atoms with van der Waals surface area (Å²) in [6, 6.07) is 17.8. The normalized spacial score (nSPS) is 8.39. The Morgan fingerprint density at radius 2 is 1.10 bits per heavy atom. The van der Waals surface area contributed by atoms with Crippen LogP contribution in [0.2, 0.25) is 0 Å². The van der Waals surface area contributed by atoms with Gasteiger partial charge in [0.1, 0.15) is 5.75 Å². The van der Waals surface area contributed by atoms with Crippen molar-refractivity contribution in [2.45, 2.75) is 0 Å². The molecule has 2 amide bonds. The number of phenols is 1. The van der Waals surface area contributed by atoms with E-state index in [9.17, 15) is 29.4 Å². The van der Waals surface area contributed by atoms with Crippen molar-refractivity contribution in [3.8, 4) is 11.5 Å². The van der Waals surface area contributed by atoms with E-state index in [1.54, 1.807) is 42.7 Å². The Bertz CT molecular complexity index is 1260. The molecule has 1 radical (unpaired) electrons. The summed E-state index contributed by atoms with van der Waals surface area (Å²) in [6.45, 7) is 0. The first kappa shape index (κ1) is 40.1. The molecule has 12 N–H and O–H groups in total. The zero-order valence-electron chi connectivity index (χ0n) is 21.1. The molecule has 0 fully saturated rings. The molecule has 0 saturated heterocycles. The maximum atomic E-state index is 10.7. The summed E-state index contributed by atoms with van der Waals surface area (Å²) in [5.41, 5.74) is 10.4. The summed E-state index contributed by atoms with van der Waals surface area (Å²) >= 11 is 0. The molecule has 4 rings (SSSR count). The second-order valence-electron chi connectivity index (χ2n) is 6.82. The van der Waals surface area contributed by atoms with Gasteiger partial charge in [-0.15, -0.1) is 0 Å². The molecule has 219 valence electrons. The second kappa shape index (κ2) is 21.6. The van der Waals surface area contributed by atoms with Crippen molar-refractivity contribution >= 4 is 23.8 Å². The van der Waals surface area contributed by atoms with Crippen molar-refractivity contribution < 1.29 is 67.3 Å². The van der Waals surface area contributed by atoms with Gasteiger partial charge in [0.15, 0.2) is 0 Å². The standard InChI is InChI=1S/2C7H6O3.2C6H6N2O.Co.2H2O/c2*8-6-4-2-1-3-5(6)7(9)10;2*7-6(9)5-2-1-3-8-4-5;;;/h2*1-4,8H,(H,9,10);2*1-4H,(H2,7,9);;2*1H2/q;;;;+2;;. The number of aromatic nitrogens is 2. The van der Waals surface area contributed by atoms with Gasteiger partial charge in [0.2, 0.25) is 11.8 Å². The summed E-state index contributed by atoms with van der Waals surface area (Å²) in [6.07, 6.45) is 6.05. The van der Waals surface area contributed by atoms with Crippen molar-refractivity contribution in [3.05, 3.63) is 120 Å². The maximum absolute atomic E-state index is 10.7. The van der Waals surface area contributed by atoms with E-state index in [0.717, 1.165) is 0 Å². The predicted molar refractivity (Wildman–Crippen MR) is 141 cm³/mol. The minimum atomic E-state index is -1.36. The zero-order chi connectivity index (χ0) is 28.5. The number of benzene rings is 2. The number of carbonyl (C=O) groups is 4. The molecule has 0 spiro atoms. The molecule has 0 bridgehead atoms. The Labute approximate surface area is 243 Å². The van der Waals surface area contributed by atoms with Crippen LogP contribution in [0.25, 0.3) is 0 Å². The number of aromatic hydroxyl groups is 1. The fraction of sp³-hybridized carbons (Fsp3) is 0. The van der Waals surface area contributed by atoms with E-state index >= 15 is 0 Å². The van der Waals surface area contributed by atoms with Crippen LogP contribution in [0.4, 0.5) is 0 Å². The molecule has 2 heterocycles. The molecule has 14 nitrogen and oxygen atoms in total. The number of nitrogens with zero attached hydrogens (tertiary/aromatic N) is 2. The summed E-state index contributed by atoms with van der Waals surface area (Å²) in [5, 5.41) is 38.1. The van der Waals surface area contributed by atoms with E-state index in [-0.39, 0.29) is 44.6 Å². The smallest absolute Gasteiger partial charge is 0.872 e. The fourth-order valence-electron chi connectivity index (χ4n) is 2.31. The van der Waals surface area contributed by atoms with E-state index in [4.69, 9.17) is 21.7 Å². The quantitative estimate of drug-likeness (QED) is 0.197. The number of pyridine rings is 2. The van der Waals surface area contributed by atoms with Crippen LogP contribution in [-0.4, -0.2) is 43.9 Å². The Morgan fingerprint density at radius 3 is 1.34 bits per heavy atom.